The van der Waals surface area contributed by atoms with E-state index in [4.69, 9.17) is 32.7 Å². The molecule has 0 N–H and O–H groups in total. The first-order chi connectivity index (χ1) is 11.5. The lowest BCUT2D eigenvalue weighted by Gasteiger charge is -2.05. The molecule has 0 saturated heterocycles. The first kappa shape index (κ1) is 16.5. The molecule has 3 rings (SSSR count). The van der Waals surface area contributed by atoms with Gasteiger partial charge in [-0.05, 0) is 36.4 Å². The van der Waals surface area contributed by atoms with Crippen LogP contribution >= 0.6 is 23.2 Å². The zero-order valence-corrected chi connectivity index (χ0v) is 13.9. The van der Waals surface area contributed by atoms with Gasteiger partial charge in [-0.1, -0.05) is 29.3 Å². The molecular weight excluding hydrogens is 356 g/mol. The van der Waals surface area contributed by atoms with Gasteiger partial charge in [-0.3, -0.25) is 0 Å². The number of hydrogen-bond acceptors (Lipinski definition) is 4. The molecular formula is C17H10Cl2FNO3. The normalized spacial score (nSPS) is 15.4. The first-order valence-electron chi connectivity index (χ1n) is 6.80. The molecule has 0 fully saturated rings. The van der Waals surface area contributed by atoms with Crippen molar-refractivity contribution >= 4 is 41.1 Å². The Kier molecular flexibility index (Phi) is 4.55. The van der Waals surface area contributed by atoms with Crippen LogP contribution in [0.4, 0.5) is 4.39 Å². The molecule has 0 bridgehead atoms. The van der Waals surface area contributed by atoms with Crippen molar-refractivity contribution in [1.82, 2.24) is 0 Å². The zero-order valence-electron chi connectivity index (χ0n) is 12.3. The van der Waals surface area contributed by atoms with Crippen LogP contribution in [0.2, 0.25) is 10.0 Å². The summed E-state index contributed by atoms with van der Waals surface area (Å²) >= 11 is 12.1. The summed E-state index contributed by atoms with van der Waals surface area (Å²) in [6.07, 6.45) is 1.24. The minimum absolute atomic E-state index is 0.0337. The second-order valence-corrected chi connectivity index (χ2v) is 5.63. The summed E-state index contributed by atoms with van der Waals surface area (Å²) in [5.74, 6) is -0.681. The Morgan fingerprint density at radius 1 is 1.21 bits per heavy atom. The largest absolute Gasteiger partial charge is 0.497 e. The van der Waals surface area contributed by atoms with Crippen molar-refractivity contribution in [3.63, 3.8) is 0 Å². The van der Waals surface area contributed by atoms with Crippen LogP contribution in [-0.4, -0.2) is 19.0 Å². The van der Waals surface area contributed by atoms with Crippen molar-refractivity contribution in [2.24, 2.45) is 4.99 Å². The SMILES string of the molecule is COc1ccc(C2=N/C(=C\c3c(F)cccc3Cl)C(=O)O2)c(Cl)c1. The lowest BCUT2D eigenvalue weighted by atomic mass is 10.2. The number of carbonyl (C=O) groups is 1. The number of carbonyl (C=O) groups excluding carboxylic acids is 1. The topological polar surface area (TPSA) is 47.9 Å². The fourth-order valence-corrected chi connectivity index (χ4v) is 2.57. The van der Waals surface area contributed by atoms with Crippen LogP contribution in [0, 0.1) is 5.82 Å². The Bertz CT molecular complexity index is 873. The Morgan fingerprint density at radius 3 is 2.67 bits per heavy atom. The summed E-state index contributed by atoms with van der Waals surface area (Å²) in [4.78, 5) is 16.1. The number of esters is 1. The van der Waals surface area contributed by atoms with Gasteiger partial charge in [0.05, 0.1) is 22.7 Å². The lowest BCUT2D eigenvalue weighted by molar-refractivity contribution is -0.129. The number of aliphatic imine (C=N–C) groups is 1. The van der Waals surface area contributed by atoms with Gasteiger partial charge in [-0.2, -0.15) is 0 Å². The number of halogens is 3. The van der Waals surface area contributed by atoms with Crippen molar-refractivity contribution in [3.05, 3.63) is 69.1 Å². The van der Waals surface area contributed by atoms with E-state index in [2.05, 4.69) is 4.99 Å². The standard InChI is InChI=1S/C17H10Cl2FNO3/c1-23-9-5-6-10(13(19)7-9)16-21-15(17(22)24-16)8-11-12(18)3-2-4-14(11)20/h2-8H,1H3/b15-8-. The molecule has 0 saturated carbocycles. The van der Waals surface area contributed by atoms with Gasteiger partial charge in [0, 0.05) is 5.56 Å². The summed E-state index contributed by atoms with van der Waals surface area (Å²) in [6, 6.07) is 9.08. The molecule has 122 valence electrons. The number of nitrogens with zero attached hydrogens (tertiary/aromatic N) is 1. The summed E-state index contributed by atoms with van der Waals surface area (Å²) in [7, 11) is 1.51. The summed E-state index contributed by atoms with van der Waals surface area (Å²) < 4.78 is 24.0. The maximum absolute atomic E-state index is 13.8. The highest BCUT2D eigenvalue weighted by molar-refractivity contribution is 6.35. The second kappa shape index (κ2) is 6.63. The molecule has 2 aromatic carbocycles. The van der Waals surface area contributed by atoms with Crippen LogP contribution in [0.5, 0.6) is 5.75 Å². The van der Waals surface area contributed by atoms with Gasteiger partial charge in [0.1, 0.15) is 11.6 Å². The van der Waals surface area contributed by atoms with Crippen LogP contribution in [0.15, 0.2) is 47.1 Å². The number of cyclic esters (lactones) is 1. The number of rotatable bonds is 3. The monoisotopic (exact) mass is 365 g/mol. The maximum Gasteiger partial charge on any atom is 0.363 e. The Morgan fingerprint density at radius 2 is 2.00 bits per heavy atom. The molecule has 0 radical (unpaired) electrons. The Hall–Kier alpha value is -2.37. The zero-order chi connectivity index (χ0) is 17.3. The van der Waals surface area contributed by atoms with Gasteiger partial charge < -0.3 is 9.47 Å². The molecule has 24 heavy (non-hydrogen) atoms. The minimum Gasteiger partial charge on any atom is -0.497 e. The van der Waals surface area contributed by atoms with E-state index in [1.165, 1.54) is 31.4 Å². The smallest absolute Gasteiger partial charge is 0.363 e. The molecule has 1 aliphatic rings. The molecule has 1 heterocycles. The predicted octanol–water partition coefficient (Wildman–Crippen LogP) is 4.49. The third-order valence-corrected chi connectivity index (χ3v) is 3.95. The molecule has 0 amide bonds. The summed E-state index contributed by atoms with van der Waals surface area (Å²) in [5, 5.41) is 0.479. The molecule has 0 atom stereocenters. The van der Waals surface area contributed by atoms with E-state index >= 15 is 0 Å². The third-order valence-electron chi connectivity index (χ3n) is 3.31. The number of benzene rings is 2. The van der Waals surface area contributed by atoms with Crippen molar-refractivity contribution in [2.45, 2.75) is 0 Å². The van der Waals surface area contributed by atoms with Gasteiger partial charge in [0.15, 0.2) is 5.70 Å². The second-order valence-electron chi connectivity index (χ2n) is 4.82. The molecule has 4 nitrogen and oxygen atoms in total. The maximum atomic E-state index is 13.8. The van der Waals surface area contributed by atoms with Crippen molar-refractivity contribution in [2.75, 3.05) is 7.11 Å². The lowest BCUT2D eigenvalue weighted by Crippen LogP contribution is -2.06. The van der Waals surface area contributed by atoms with Crippen LogP contribution in [0.25, 0.3) is 6.08 Å². The van der Waals surface area contributed by atoms with E-state index in [9.17, 15) is 9.18 Å². The fraction of sp³-hybridized carbons (Fsp3) is 0.0588. The van der Waals surface area contributed by atoms with Crippen LogP contribution in [-0.2, 0) is 9.53 Å². The Balaban J connectivity index is 2.01. The van der Waals surface area contributed by atoms with Crippen molar-refractivity contribution in [1.29, 1.82) is 0 Å². The fourth-order valence-electron chi connectivity index (χ4n) is 2.11. The third kappa shape index (κ3) is 3.13. The average molecular weight is 366 g/mol. The van der Waals surface area contributed by atoms with E-state index < -0.39 is 11.8 Å². The number of methoxy groups -OCH3 is 1. The molecule has 1 aliphatic heterocycles. The highest BCUT2D eigenvalue weighted by atomic mass is 35.5. The van der Waals surface area contributed by atoms with Crippen LogP contribution in [0.3, 0.4) is 0 Å². The molecule has 0 aromatic heterocycles. The number of hydrogen-bond donors (Lipinski definition) is 0. The van der Waals surface area contributed by atoms with Gasteiger partial charge in [0.2, 0.25) is 5.90 Å². The molecule has 7 heteroatoms. The summed E-state index contributed by atoms with van der Waals surface area (Å²) in [5.41, 5.74) is 0.426. The predicted molar refractivity (Wildman–Crippen MR) is 90.0 cm³/mol. The van der Waals surface area contributed by atoms with E-state index in [1.807, 2.05) is 0 Å². The number of ether oxygens (including phenoxy) is 2. The van der Waals surface area contributed by atoms with E-state index in [1.54, 1.807) is 18.2 Å². The van der Waals surface area contributed by atoms with Gasteiger partial charge >= 0.3 is 5.97 Å². The van der Waals surface area contributed by atoms with E-state index in [0.29, 0.717) is 16.3 Å². The molecule has 0 unspecified atom stereocenters. The average Bonchev–Trinajstić information content (AvgIpc) is 2.91. The van der Waals surface area contributed by atoms with Gasteiger partial charge in [-0.15, -0.1) is 0 Å². The highest BCUT2D eigenvalue weighted by Crippen LogP contribution is 2.28. The Labute approximate surface area is 147 Å². The molecule has 0 aliphatic carbocycles. The van der Waals surface area contributed by atoms with Gasteiger partial charge in [-0.25, -0.2) is 14.2 Å². The molecule has 2 aromatic rings. The van der Waals surface area contributed by atoms with Crippen LogP contribution < -0.4 is 4.74 Å². The summed E-state index contributed by atoms with van der Waals surface area (Å²) in [6.45, 7) is 0. The quantitative estimate of drug-likeness (QED) is 0.594. The highest BCUT2D eigenvalue weighted by Gasteiger charge is 2.26. The van der Waals surface area contributed by atoms with E-state index in [-0.39, 0.29) is 22.2 Å². The van der Waals surface area contributed by atoms with E-state index in [0.717, 1.165) is 0 Å². The van der Waals surface area contributed by atoms with Gasteiger partial charge in [0.25, 0.3) is 0 Å². The molecule has 0 spiro atoms. The van der Waals surface area contributed by atoms with Crippen molar-refractivity contribution in [3.8, 4) is 5.75 Å². The van der Waals surface area contributed by atoms with Crippen LogP contribution in [0.1, 0.15) is 11.1 Å². The first-order valence-corrected chi connectivity index (χ1v) is 7.55. The minimum atomic E-state index is -0.712. The van der Waals surface area contributed by atoms with Crippen molar-refractivity contribution < 1.29 is 18.7 Å².